The van der Waals surface area contributed by atoms with Crippen molar-refractivity contribution in [2.45, 2.75) is 25.4 Å². The van der Waals surface area contributed by atoms with E-state index in [1.807, 2.05) is 0 Å². The van der Waals surface area contributed by atoms with Gasteiger partial charge in [0.2, 0.25) is 5.95 Å². The van der Waals surface area contributed by atoms with Crippen LogP contribution in [0.1, 0.15) is 18.7 Å². The molecule has 1 aliphatic carbocycles. The molecule has 1 aromatic heterocycles. The molecule has 14 heavy (non-hydrogen) atoms. The fraction of sp³-hybridized carbons (Fsp3) is 0.444. The molecular formula is C9H10N4O. The molecule has 2 rings (SSSR count). The highest BCUT2D eigenvalue weighted by molar-refractivity contribution is 5.24. The molecule has 0 unspecified atom stereocenters. The van der Waals surface area contributed by atoms with Crippen molar-refractivity contribution in [3.8, 4) is 18.4 Å². The van der Waals surface area contributed by atoms with Gasteiger partial charge in [-0.15, -0.1) is 6.42 Å². The largest absolute Gasteiger partial charge is 0.443 e. The number of hydrogen-bond acceptors (Lipinski definition) is 5. The quantitative estimate of drug-likeness (QED) is 0.679. The first-order valence-electron chi connectivity index (χ1n) is 4.28. The molecule has 0 atom stereocenters. The van der Waals surface area contributed by atoms with Crippen LogP contribution >= 0.6 is 0 Å². The number of ether oxygens (including phenoxy) is 1. The highest BCUT2D eigenvalue weighted by atomic mass is 16.5. The lowest BCUT2D eigenvalue weighted by Crippen LogP contribution is -2.17. The van der Waals surface area contributed by atoms with Crippen molar-refractivity contribution >= 4 is 5.95 Å². The second kappa shape index (κ2) is 2.84. The number of nitrogen functional groups attached to an aromatic ring is 1. The van der Waals surface area contributed by atoms with Crippen molar-refractivity contribution in [2.24, 2.45) is 0 Å². The molecule has 1 aliphatic rings. The first kappa shape index (κ1) is 8.75. The number of aryl methyl sites for hydroxylation is 1. The molecule has 1 aromatic rings. The molecular weight excluding hydrogens is 180 g/mol. The summed E-state index contributed by atoms with van der Waals surface area (Å²) in [5.74, 6) is 3.26. The molecule has 0 saturated heterocycles. The molecule has 0 amide bonds. The van der Waals surface area contributed by atoms with Crippen LogP contribution in [0.4, 0.5) is 5.95 Å². The van der Waals surface area contributed by atoms with Gasteiger partial charge in [0.25, 0.3) is 0 Å². The van der Waals surface area contributed by atoms with Gasteiger partial charge in [0, 0.05) is 12.8 Å². The first-order valence-corrected chi connectivity index (χ1v) is 4.28. The zero-order valence-corrected chi connectivity index (χ0v) is 7.82. The molecule has 0 aliphatic heterocycles. The molecule has 5 heteroatoms. The van der Waals surface area contributed by atoms with Crippen molar-refractivity contribution in [1.29, 1.82) is 0 Å². The summed E-state index contributed by atoms with van der Waals surface area (Å²) in [6, 6.07) is 0.213. The van der Waals surface area contributed by atoms with Gasteiger partial charge < -0.3 is 10.5 Å². The molecule has 0 radical (unpaired) electrons. The fourth-order valence-corrected chi connectivity index (χ4v) is 1.09. The van der Waals surface area contributed by atoms with Crippen LogP contribution in [0.3, 0.4) is 0 Å². The maximum Gasteiger partial charge on any atom is 0.323 e. The molecule has 0 bridgehead atoms. The third-order valence-electron chi connectivity index (χ3n) is 2.00. The zero-order chi connectivity index (χ0) is 10.2. The van der Waals surface area contributed by atoms with Crippen LogP contribution in [0, 0.1) is 19.3 Å². The summed E-state index contributed by atoms with van der Waals surface area (Å²) in [4.78, 5) is 11.7. The molecule has 2 N–H and O–H groups in total. The van der Waals surface area contributed by atoms with Crippen molar-refractivity contribution in [3.63, 3.8) is 0 Å². The Bertz CT molecular complexity index is 386. The topological polar surface area (TPSA) is 73.9 Å². The lowest BCUT2D eigenvalue weighted by atomic mass is 10.4. The predicted molar refractivity (Wildman–Crippen MR) is 50.4 cm³/mol. The fourth-order valence-electron chi connectivity index (χ4n) is 1.09. The van der Waals surface area contributed by atoms with Crippen LogP contribution < -0.4 is 10.5 Å². The van der Waals surface area contributed by atoms with Crippen LogP contribution in [0.2, 0.25) is 0 Å². The predicted octanol–water partition coefficient (Wildman–Crippen LogP) is 0.307. The Kier molecular flexibility index (Phi) is 1.78. The summed E-state index contributed by atoms with van der Waals surface area (Å²) >= 11 is 0. The maximum absolute atomic E-state index is 5.45. The Balaban J connectivity index is 2.22. The molecule has 1 fully saturated rings. The third-order valence-corrected chi connectivity index (χ3v) is 2.00. The van der Waals surface area contributed by atoms with Crippen molar-refractivity contribution in [1.82, 2.24) is 15.0 Å². The second-order valence-corrected chi connectivity index (χ2v) is 3.26. The number of nitrogens with zero attached hydrogens (tertiary/aromatic N) is 3. The molecule has 0 aromatic carbocycles. The SMILES string of the molecule is C#CC1(Oc2nc(C)nc(N)n2)CC1. The average molecular weight is 190 g/mol. The minimum atomic E-state index is -0.500. The minimum Gasteiger partial charge on any atom is -0.443 e. The summed E-state index contributed by atoms with van der Waals surface area (Å²) in [5, 5.41) is 0. The highest BCUT2D eigenvalue weighted by Gasteiger charge is 2.44. The van der Waals surface area contributed by atoms with Gasteiger partial charge in [-0.2, -0.15) is 15.0 Å². The summed E-state index contributed by atoms with van der Waals surface area (Å²) < 4.78 is 5.45. The number of terminal acetylenes is 1. The highest BCUT2D eigenvalue weighted by Crippen LogP contribution is 2.38. The smallest absolute Gasteiger partial charge is 0.323 e. The standard InChI is InChI=1S/C9H10N4O/c1-3-9(4-5-9)14-8-12-6(2)11-7(10)13-8/h1H,4-5H2,2H3,(H2,10,11,12,13). The van der Waals surface area contributed by atoms with Gasteiger partial charge in [-0.25, -0.2) is 0 Å². The Morgan fingerprint density at radius 3 is 2.64 bits per heavy atom. The summed E-state index contributed by atoms with van der Waals surface area (Å²) in [6.07, 6.45) is 7.00. The van der Waals surface area contributed by atoms with E-state index in [9.17, 15) is 0 Å². The first-order chi connectivity index (χ1) is 6.63. The lowest BCUT2D eigenvalue weighted by Gasteiger charge is -2.09. The summed E-state index contributed by atoms with van der Waals surface area (Å²) in [7, 11) is 0. The van der Waals surface area contributed by atoms with Crippen molar-refractivity contribution < 1.29 is 4.74 Å². The van der Waals surface area contributed by atoms with E-state index in [2.05, 4.69) is 20.9 Å². The molecule has 1 heterocycles. The molecule has 1 saturated carbocycles. The average Bonchev–Trinajstić information content (AvgIpc) is 2.83. The normalized spacial score (nSPS) is 17.1. The van der Waals surface area contributed by atoms with Crippen LogP contribution in [-0.2, 0) is 0 Å². The number of rotatable bonds is 2. The van der Waals surface area contributed by atoms with Gasteiger partial charge in [0.1, 0.15) is 5.82 Å². The van der Waals surface area contributed by atoms with Gasteiger partial charge in [0.05, 0.1) is 0 Å². The van der Waals surface area contributed by atoms with Crippen LogP contribution in [-0.4, -0.2) is 20.6 Å². The summed E-state index contributed by atoms with van der Waals surface area (Å²) in [5.41, 5.74) is 4.95. The van der Waals surface area contributed by atoms with Crippen molar-refractivity contribution in [2.75, 3.05) is 5.73 Å². The number of aromatic nitrogens is 3. The number of hydrogen-bond donors (Lipinski definition) is 1. The van der Waals surface area contributed by atoms with E-state index in [0.717, 1.165) is 12.8 Å². The minimum absolute atomic E-state index is 0.153. The molecule has 0 spiro atoms. The van der Waals surface area contributed by atoms with Crippen LogP contribution in [0.25, 0.3) is 0 Å². The van der Waals surface area contributed by atoms with Gasteiger partial charge in [0.15, 0.2) is 5.60 Å². The van der Waals surface area contributed by atoms with Gasteiger partial charge >= 0.3 is 6.01 Å². The number of anilines is 1. The maximum atomic E-state index is 5.45. The number of nitrogens with two attached hydrogens (primary N) is 1. The third kappa shape index (κ3) is 1.59. The zero-order valence-electron chi connectivity index (χ0n) is 7.82. The molecule has 72 valence electrons. The second-order valence-electron chi connectivity index (χ2n) is 3.26. The van der Waals surface area contributed by atoms with Crippen molar-refractivity contribution in [3.05, 3.63) is 5.82 Å². The van der Waals surface area contributed by atoms with Crippen LogP contribution in [0.5, 0.6) is 6.01 Å². The lowest BCUT2D eigenvalue weighted by molar-refractivity contribution is 0.218. The van der Waals surface area contributed by atoms with Gasteiger partial charge in [-0.3, -0.25) is 0 Å². The van der Waals surface area contributed by atoms with E-state index in [-0.39, 0.29) is 12.0 Å². The van der Waals surface area contributed by atoms with Gasteiger partial charge in [-0.05, 0) is 6.92 Å². The van der Waals surface area contributed by atoms with E-state index in [1.165, 1.54) is 0 Å². The van der Waals surface area contributed by atoms with E-state index < -0.39 is 5.60 Å². The molecule has 5 nitrogen and oxygen atoms in total. The Hall–Kier alpha value is -1.83. The van der Waals surface area contributed by atoms with Crippen LogP contribution in [0.15, 0.2) is 0 Å². The monoisotopic (exact) mass is 190 g/mol. The van der Waals surface area contributed by atoms with E-state index >= 15 is 0 Å². The Morgan fingerprint density at radius 1 is 1.43 bits per heavy atom. The van der Waals surface area contributed by atoms with E-state index in [4.69, 9.17) is 16.9 Å². The Morgan fingerprint density at radius 2 is 2.14 bits per heavy atom. The summed E-state index contributed by atoms with van der Waals surface area (Å²) in [6.45, 7) is 1.72. The van der Waals surface area contributed by atoms with E-state index in [0.29, 0.717) is 5.82 Å². The van der Waals surface area contributed by atoms with E-state index in [1.54, 1.807) is 6.92 Å². The Labute approximate surface area is 81.7 Å². The van der Waals surface area contributed by atoms with Gasteiger partial charge in [-0.1, -0.05) is 5.92 Å².